The molecule has 2 aliphatic heterocycles. The minimum Gasteiger partial charge on any atom is -0.451 e. The van der Waals surface area contributed by atoms with Crippen LogP contribution in [-0.4, -0.2) is 78.6 Å². The zero-order valence-corrected chi connectivity index (χ0v) is 29.3. The number of rotatable bonds is 10. The van der Waals surface area contributed by atoms with Crippen molar-refractivity contribution in [3.05, 3.63) is 118 Å². The molecule has 15 heteroatoms. The Hall–Kier alpha value is -5.99. The molecule has 10 nitrogen and oxygen atoms in total. The summed E-state index contributed by atoms with van der Waals surface area (Å²) in [6.45, 7) is 2.87. The molecular formula is C40H35F5N4O6. The molecule has 1 aromatic heterocycles. The van der Waals surface area contributed by atoms with Gasteiger partial charge in [-0.15, -0.1) is 0 Å². The topological polar surface area (TPSA) is 112 Å². The summed E-state index contributed by atoms with van der Waals surface area (Å²) in [7, 11) is 0. The van der Waals surface area contributed by atoms with Gasteiger partial charge in [-0.1, -0.05) is 60.7 Å². The van der Waals surface area contributed by atoms with Crippen molar-refractivity contribution in [3.8, 4) is 5.75 Å². The average Bonchev–Trinajstić information content (AvgIpc) is 3.57. The number of carbonyl (C=O) groups excluding carboxylic acids is 3. The van der Waals surface area contributed by atoms with Crippen LogP contribution in [0.5, 0.6) is 5.75 Å². The average molecular weight is 763 g/mol. The van der Waals surface area contributed by atoms with Crippen molar-refractivity contribution in [1.29, 1.82) is 0 Å². The Kier molecular flexibility index (Phi) is 10.2. The SMILES string of the molecule is O=C(N[C@H](Cc1ccc2ccccc2c1)C(=O)N1CCN(c2ccccc2CN2CCCC2=O)CC1)c1cc(=O)c2cc(OC(F)(F)C(F)(F)F)ccc2o1. The second kappa shape index (κ2) is 15.0. The van der Waals surface area contributed by atoms with Gasteiger partial charge in [0, 0.05) is 63.9 Å². The van der Waals surface area contributed by atoms with E-state index in [1.807, 2.05) is 71.6 Å². The highest BCUT2D eigenvalue weighted by molar-refractivity contribution is 5.97. The predicted octanol–water partition coefficient (Wildman–Crippen LogP) is 6.29. The molecule has 2 saturated heterocycles. The van der Waals surface area contributed by atoms with Gasteiger partial charge in [0.25, 0.3) is 5.91 Å². The normalized spacial score (nSPS) is 15.8. The van der Waals surface area contributed by atoms with Gasteiger partial charge in [-0.3, -0.25) is 19.2 Å². The molecule has 3 amide bonds. The molecule has 0 spiro atoms. The second-order valence-electron chi connectivity index (χ2n) is 13.5. The number of likely N-dealkylation sites (tertiary alicyclic amines) is 1. The van der Waals surface area contributed by atoms with E-state index in [0.29, 0.717) is 51.8 Å². The van der Waals surface area contributed by atoms with Gasteiger partial charge in [0.1, 0.15) is 17.4 Å². The van der Waals surface area contributed by atoms with Crippen LogP contribution >= 0.6 is 0 Å². The number of benzene rings is 4. The number of nitrogens with one attached hydrogen (secondary N) is 1. The number of hydrogen-bond donors (Lipinski definition) is 1. The first kappa shape index (κ1) is 37.3. The van der Waals surface area contributed by atoms with Crippen LogP contribution in [0.25, 0.3) is 21.7 Å². The number of alkyl halides is 5. The maximum absolute atomic E-state index is 14.2. The molecule has 55 heavy (non-hydrogen) atoms. The van der Waals surface area contributed by atoms with Gasteiger partial charge in [0.2, 0.25) is 11.8 Å². The molecule has 286 valence electrons. The third-order valence-electron chi connectivity index (χ3n) is 9.81. The van der Waals surface area contributed by atoms with Gasteiger partial charge in [-0.05, 0) is 52.6 Å². The van der Waals surface area contributed by atoms with E-state index in [0.717, 1.165) is 52.2 Å². The van der Waals surface area contributed by atoms with Crippen LogP contribution in [0, 0.1) is 0 Å². The fourth-order valence-corrected chi connectivity index (χ4v) is 6.97. The number of fused-ring (bicyclic) bond motifs is 2. The summed E-state index contributed by atoms with van der Waals surface area (Å²) >= 11 is 0. The first-order chi connectivity index (χ1) is 26.3. The lowest BCUT2D eigenvalue weighted by molar-refractivity contribution is -0.360. The quantitative estimate of drug-likeness (QED) is 0.167. The van der Waals surface area contributed by atoms with Crippen LogP contribution in [0.1, 0.15) is 34.5 Å². The first-order valence-corrected chi connectivity index (χ1v) is 17.7. The monoisotopic (exact) mass is 762 g/mol. The lowest BCUT2D eigenvalue weighted by atomic mass is 10.0. The summed E-state index contributed by atoms with van der Waals surface area (Å²) < 4.78 is 74.4. The number of nitrogens with zero attached hydrogens (tertiary/aromatic N) is 3. The van der Waals surface area contributed by atoms with E-state index in [-0.39, 0.29) is 23.8 Å². The minimum atomic E-state index is -6.00. The largest absolute Gasteiger partial charge is 0.499 e. The van der Waals surface area contributed by atoms with E-state index < -0.39 is 46.6 Å². The summed E-state index contributed by atoms with van der Waals surface area (Å²) in [5.41, 5.74) is 1.57. The lowest BCUT2D eigenvalue weighted by Gasteiger charge is -2.38. The molecule has 3 heterocycles. The summed E-state index contributed by atoms with van der Waals surface area (Å²) in [5.74, 6) is -2.59. The van der Waals surface area contributed by atoms with E-state index in [1.54, 1.807) is 4.90 Å². The molecule has 0 radical (unpaired) electrons. The molecule has 1 atom stereocenters. The molecule has 2 fully saturated rings. The molecule has 0 saturated carbocycles. The fraction of sp³-hybridized carbons (Fsp3) is 0.300. The standard InChI is InChI=1S/C40H35F5N4O6/c41-39(42,43)40(44,45)55-29-13-14-34-30(22-29)33(50)23-35(54-34)37(52)46-31(21-25-11-12-26-6-1-2-7-27(26)20-25)38(53)48-18-16-47(17-19-48)32-9-4-3-8-28(32)24-49-15-5-10-36(49)51/h1-4,6-9,11-14,20,22-23,31H,5,10,15-19,21,24H2,(H,46,52)/t31-/m1/s1. The number of anilines is 1. The zero-order chi connectivity index (χ0) is 38.9. The minimum absolute atomic E-state index is 0.0915. The van der Waals surface area contributed by atoms with Crippen LogP contribution in [0.15, 0.2) is 100 Å². The Morgan fingerprint density at radius 2 is 1.55 bits per heavy atom. The van der Waals surface area contributed by atoms with Crippen LogP contribution in [0.4, 0.5) is 27.6 Å². The number of ether oxygens (including phenoxy) is 1. The Labute approximate surface area is 311 Å². The highest BCUT2D eigenvalue weighted by Gasteiger charge is 2.61. The molecule has 0 aliphatic carbocycles. The van der Waals surface area contributed by atoms with Crippen molar-refractivity contribution in [2.75, 3.05) is 37.6 Å². The van der Waals surface area contributed by atoms with Crippen molar-refractivity contribution < 1.29 is 45.5 Å². The molecule has 7 rings (SSSR count). The number of hydrogen-bond acceptors (Lipinski definition) is 7. The van der Waals surface area contributed by atoms with E-state index in [4.69, 9.17) is 4.42 Å². The van der Waals surface area contributed by atoms with E-state index in [9.17, 15) is 41.1 Å². The predicted molar refractivity (Wildman–Crippen MR) is 193 cm³/mol. The van der Waals surface area contributed by atoms with Crippen LogP contribution in [-0.2, 0) is 22.6 Å². The molecular weight excluding hydrogens is 727 g/mol. The number of carbonyl (C=O) groups is 3. The van der Waals surface area contributed by atoms with Gasteiger partial charge in [-0.25, -0.2) is 0 Å². The number of amides is 3. The molecule has 1 N–H and O–H groups in total. The molecule has 0 bridgehead atoms. The van der Waals surface area contributed by atoms with Gasteiger partial charge < -0.3 is 29.2 Å². The lowest BCUT2D eigenvalue weighted by Crippen LogP contribution is -2.55. The smallest absolute Gasteiger partial charge is 0.451 e. The fourth-order valence-electron chi connectivity index (χ4n) is 6.97. The van der Waals surface area contributed by atoms with Gasteiger partial charge in [0.05, 0.1) is 5.39 Å². The number of para-hydroxylation sites is 1. The van der Waals surface area contributed by atoms with Crippen molar-refractivity contribution in [1.82, 2.24) is 15.1 Å². The zero-order valence-electron chi connectivity index (χ0n) is 29.3. The van der Waals surface area contributed by atoms with Gasteiger partial charge in [-0.2, -0.15) is 22.0 Å². The maximum Gasteiger partial charge on any atom is 0.499 e. The van der Waals surface area contributed by atoms with Crippen LogP contribution < -0.4 is 20.4 Å². The number of piperazine rings is 1. The van der Waals surface area contributed by atoms with Gasteiger partial charge >= 0.3 is 12.3 Å². The van der Waals surface area contributed by atoms with Crippen molar-refractivity contribution in [2.45, 2.75) is 44.1 Å². The third-order valence-corrected chi connectivity index (χ3v) is 9.81. The third kappa shape index (κ3) is 8.10. The Balaban J connectivity index is 1.10. The summed E-state index contributed by atoms with van der Waals surface area (Å²) in [4.78, 5) is 58.8. The number of halogens is 5. The Morgan fingerprint density at radius 1 is 0.818 bits per heavy atom. The van der Waals surface area contributed by atoms with Crippen molar-refractivity contribution in [3.63, 3.8) is 0 Å². The molecule has 2 aliphatic rings. The Bertz CT molecular complexity index is 2320. The van der Waals surface area contributed by atoms with Crippen molar-refractivity contribution in [2.24, 2.45) is 0 Å². The first-order valence-electron chi connectivity index (χ1n) is 17.7. The molecule has 5 aromatic rings. The van der Waals surface area contributed by atoms with E-state index in [1.165, 1.54) is 0 Å². The summed E-state index contributed by atoms with van der Waals surface area (Å²) in [5, 5.41) is 4.22. The second-order valence-corrected chi connectivity index (χ2v) is 13.5. The van der Waals surface area contributed by atoms with Crippen LogP contribution in [0.2, 0.25) is 0 Å². The molecule has 0 unspecified atom stereocenters. The van der Waals surface area contributed by atoms with Crippen LogP contribution in [0.3, 0.4) is 0 Å². The van der Waals surface area contributed by atoms with E-state index >= 15 is 0 Å². The summed E-state index contributed by atoms with van der Waals surface area (Å²) in [6.07, 6.45) is -10.0. The highest BCUT2D eigenvalue weighted by atomic mass is 19.4. The van der Waals surface area contributed by atoms with Crippen molar-refractivity contribution >= 4 is 45.2 Å². The maximum atomic E-state index is 14.2. The Morgan fingerprint density at radius 3 is 2.27 bits per heavy atom. The highest BCUT2D eigenvalue weighted by Crippen LogP contribution is 2.38. The van der Waals surface area contributed by atoms with Gasteiger partial charge in [0.15, 0.2) is 11.2 Å². The molecule has 4 aromatic carbocycles. The van der Waals surface area contributed by atoms with E-state index in [2.05, 4.69) is 15.0 Å². The summed E-state index contributed by atoms with van der Waals surface area (Å²) in [6, 6.07) is 23.2.